The van der Waals surface area contributed by atoms with Crippen molar-refractivity contribution in [2.24, 2.45) is 0 Å². The molecule has 2 fully saturated rings. The largest absolute Gasteiger partial charge is 0.375 e. The van der Waals surface area contributed by atoms with E-state index in [0.717, 1.165) is 21.5 Å². The highest BCUT2D eigenvalue weighted by atomic mass is 32.1. The van der Waals surface area contributed by atoms with Gasteiger partial charge in [-0.3, -0.25) is 14.6 Å². The van der Waals surface area contributed by atoms with Crippen LogP contribution in [0.5, 0.6) is 0 Å². The van der Waals surface area contributed by atoms with Crippen molar-refractivity contribution in [3.05, 3.63) is 42.0 Å². The Morgan fingerprint density at radius 3 is 2.94 bits per heavy atom. The topological polar surface area (TPSA) is 144 Å². The van der Waals surface area contributed by atoms with E-state index >= 15 is 0 Å². The first-order valence-corrected chi connectivity index (χ1v) is 11.6. The molecule has 3 aromatic rings. The molecule has 2 aliphatic heterocycles. The van der Waals surface area contributed by atoms with E-state index in [1.165, 1.54) is 23.4 Å². The van der Waals surface area contributed by atoms with Gasteiger partial charge in [-0.2, -0.15) is 5.01 Å². The second kappa shape index (κ2) is 8.57. The number of nitrogen functional groups attached to an aromatic ring is 1. The van der Waals surface area contributed by atoms with Crippen molar-refractivity contribution in [3.8, 4) is 0 Å². The van der Waals surface area contributed by atoms with Crippen LogP contribution in [0.25, 0.3) is 10.2 Å². The van der Waals surface area contributed by atoms with Gasteiger partial charge in [0.15, 0.2) is 5.13 Å². The lowest BCUT2D eigenvalue weighted by Gasteiger charge is -2.45. The van der Waals surface area contributed by atoms with Gasteiger partial charge in [0.1, 0.15) is 12.2 Å². The SMILES string of the molecule is CNC(=O)N(C)N1CC(=O)N2[C@@H](Cc3cnc[nH]3)C(=O)N(Cc3cccc4sc(N)nc34)C[C@@H]21. The van der Waals surface area contributed by atoms with E-state index in [4.69, 9.17) is 5.73 Å². The Kier molecular flexibility index (Phi) is 5.57. The lowest BCUT2D eigenvalue weighted by Crippen LogP contribution is -2.65. The number of hydrazine groups is 1. The summed E-state index contributed by atoms with van der Waals surface area (Å²) in [5.41, 5.74) is 8.32. The number of nitrogens with two attached hydrogens (primary N) is 1. The predicted molar refractivity (Wildman–Crippen MR) is 125 cm³/mol. The Hall–Kier alpha value is -3.71. The minimum Gasteiger partial charge on any atom is -0.375 e. The Morgan fingerprint density at radius 2 is 2.21 bits per heavy atom. The highest BCUT2D eigenvalue weighted by Gasteiger charge is 2.51. The third kappa shape index (κ3) is 3.72. The summed E-state index contributed by atoms with van der Waals surface area (Å²) in [6.45, 7) is 0.573. The van der Waals surface area contributed by atoms with E-state index in [1.54, 1.807) is 34.4 Å². The molecule has 2 atom stereocenters. The standard InChI is InChI=1S/C21H25N9O3S/c1-23-21(33)27(2)29-10-17(31)30-14(6-13-7-24-11-25-13)19(32)28(9-16(29)30)8-12-4-3-5-15-18(12)26-20(22)34-15/h3-5,7,11,14,16H,6,8-10H2,1-2H3,(H2,22,26)(H,23,33)(H,24,25)/t14-,16+/m0/s1. The van der Waals surface area contributed by atoms with Crippen LogP contribution in [0.4, 0.5) is 9.93 Å². The summed E-state index contributed by atoms with van der Waals surface area (Å²) in [5.74, 6) is -0.364. The highest BCUT2D eigenvalue weighted by Crippen LogP contribution is 2.31. The van der Waals surface area contributed by atoms with Crippen LogP contribution in [0.2, 0.25) is 0 Å². The van der Waals surface area contributed by atoms with Crippen molar-refractivity contribution in [1.29, 1.82) is 0 Å². The van der Waals surface area contributed by atoms with Gasteiger partial charge in [-0.15, -0.1) is 0 Å². The maximum atomic E-state index is 13.7. The smallest absolute Gasteiger partial charge is 0.331 e. The molecule has 12 nitrogen and oxygen atoms in total. The maximum absolute atomic E-state index is 13.7. The van der Waals surface area contributed by atoms with Crippen molar-refractivity contribution in [2.75, 3.05) is 32.9 Å². The van der Waals surface area contributed by atoms with Crippen LogP contribution in [0.1, 0.15) is 11.3 Å². The van der Waals surface area contributed by atoms with Gasteiger partial charge in [0.2, 0.25) is 11.8 Å². The van der Waals surface area contributed by atoms with Crippen molar-refractivity contribution in [3.63, 3.8) is 0 Å². The molecule has 0 aliphatic carbocycles. The number of urea groups is 1. The monoisotopic (exact) mass is 483 g/mol. The first-order chi connectivity index (χ1) is 16.4. The molecule has 0 bridgehead atoms. The number of carbonyl (C=O) groups excluding carboxylic acids is 3. The van der Waals surface area contributed by atoms with Gasteiger partial charge in [0.05, 0.1) is 29.6 Å². The number of H-pyrrole nitrogens is 1. The van der Waals surface area contributed by atoms with Gasteiger partial charge >= 0.3 is 6.03 Å². The van der Waals surface area contributed by atoms with Crippen LogP contribution < -0.4 is 11.1 Å². The lowest BCUT2D eigenvalue weighted by molar-refractivity contribution is -0.157. The number of piperazine rings is 1. The normalized spacial score (nSPS) is 20.8. The van der Waals surface area contributed by atoms with Gasteiger partial charge < -0.3 is 25.8 Å². The van der Waals surface area contributed by atoms with Gasteiger partial charge in [0, 0.05) is 39.0 Å². The number of thiazole rings is 1. The van der Waals surface area contributed by atoms with Crippen LogP contribution >= 0.6 is 11.3 Å². The third-order valence-corrected chi connectivity index (χ3v) is 7.16. The van der Waals surface area contributed by atoms with E-state index in [2.05, 4.69) is 20.3 Å². The summed E-state index contributed by atoms with van der Waals surface area (Å²) >= 11 is 1.40. The molecule has 4 heterocycles. The maximum Gasteiger partial charge on any atom is 0.331 e. The Bertz CT molecular complexity index is 1240. The first-order valence-electron chi connectivity index (χ1n) is 10.8. The van der Waals surface area contributed by atoms with Gasteiger partial charge in [-0.05, 0) is 11.6 Å². The first kappa shape index (κ1) is 22.1. The number of aromatic nitrogens is 3. The molecule has 0 radical (unpaired) electrons. The molecular weight excluding hydrogens is 458 g/mol. The summed E-state index contributed by atoms with van der Waals surface area (Å²) in [4.78, 5) is 53.9. The number of hydrogen-bond acceptors (Lipinski definition) is 8. The average Bonchev–Trinajstić information content (AvgIpc) is 3.54. The summed E-state index contributed by atoms with van der Waals surface area (Å²) < 4.78 is 0.951. The number of hydrogen-bond donors (Lipinski definition) is 3. The number of anilines is 1. The average molecular weight is 484 g/mol. The van der Waals surface area contributed by atoms with Gasteiger partial charge in [0.25, 0.3) is 0 Å². The zero-order chi connectivity index (χ0) is 24.0. The molecule has 0 spiro atoms. The number of amides is 4. The van der Waals surface area contributed by atoms with Crippen LogP contribution in [-0.4, -0.2) is 92.0 Å². The number of nitrogens with one attached hydrogen (secondary N) is 2. The Balaban J connectivity index is 1.50. The number of benzene rings is 1. The lowest BCUT2D eigenvalue weighted by atomic mass is 10.0. The number of carbonyl (C=O) groups is 3. The van der Waals surface area contributed by atoms with Crippen LogP contribution in [0.15, 0.2) is 30.7 Å². The number of para-hydroxylation sites is 1. The number of imidazole rings is 1. The minimum absolute atomic E-state index is 0.00733. The minimum atomic E-state index is -0.727. The van der Waals surface area contributed by atoms with E-state index in [0.29, 0.717) is 18.1 Å². The number of aromatic amines is 1. The van der Waals surface area contributed by atoms with Crippen molar-refractivity contribution < 1.29 is 14.4 Å². The molecule has 13 heteroatoms. The molecule has 34 heavy (non-hydrogen) atoms. The molecule has 1 aromatic carbocycles. The Morgan fingerprint density at radius 1 is 1.38 bits per heavy atom. The molecule has 2 saturated heterocycles. The molecule has 0 unspecified atom stereocenters. The Labute approximate surface area is 199 Å². The molecule has 2 aromatic heterocycles. The fraction of sp³-hybridized carbons (Fsp3) is 0.381. The van der Waals surface area contributed by atoms with Crippen molar-refractivity contribution >= 4 is 44.5 Å². The number of nitrogens with zero attached hydrogens (tertiary/aromatic N) is 6. The van der Waals surface area contributed by atoms with E-state index in [1.807, 2.05) is 18.2 Å². The van der Waals surface area contributed by atoms with Crippen LogP contribution in [0, 0.1) is 0 Å². The van der Waals surface area contributed by atoms with Gasteiger partial charge in [-0.1, -0.05) is 23.5 Å². The number of rotatable bonds is 5. The summed E-state index contributed by atoms with van der Waals surface area (Å²) in [7, 11) is 3.14. The van der Waals surface area contributed by atoms with E-state index < -0.39 is 12.2 Å². The molecule has 178 valence electrons. The van der Waals surface area contributed by atoms with Crippen molar-refractivity contribution in [2.45, 2.75) is 25.2 Å². The summed E-state index contributed by atoms with van der Waals surface area (Å²) in [6.07, 6.45) is 3.00. The molecule has 4 amide bonds. The van der Waals surface area contributed by atoms with E-state index in [9.17, 15) is 14.4 Å². The summed E-state index contributed by atoms with van der Waals surface area (Å²) in [5, 5.41) is 6.14. The van der Waals surface area contributed by atoms with Gasteiger partial charge in [-0.25, -0.2) is 14.8 Å². The zero-order valence-corrected chi connectivity index (χ0v) is 19.6. The quantitative estimate of drug-likeness (QED) is 0.471. The third-order valence-electron chi connectivity index (χ3n) is 6.31. The fourth-order valence-electron chi connectivity index (χ4n) is 4.69. The van der Waals surface area contributed by atoms with E-state index in [-0.39, 0.29) is 30.9 Å². The molecular formula is C21H25N9O3S. The zero-order valence-electron chi connectivity index (χ0n) is 18.8. The molecule has 4 N–H and O–H groups in total. The fourth-order valence-corrected chi connectivity index (χ4v) is 5.47. The summed E-state index contributed by atoms with van der Waals surface area (Å²) in [6, 6.07) is 4.73. The van der Waals surface area contributed by atoms with Crippen molar-refractivity contribution in [1.82, 2.24) is 40.1 Å². The van der Waals surface area contributed by atoms with Crippen LogP contribution in [0.3, 0.4) is 0 Å². The predicted octanol–water partition coefficient (Wildman–Crippen LogP) is 0.212. The molecule has 2 aliphatic rings. The van der Waals surface area contributed by atoms with Crippen LogP contribution in [-0.2, 0) is 22.6 Å². The molecule has 5 rings (SSSR count). The second-order valence-electron chi connectivity index (χ2n) is 8.29. The second-order valence-corrected chi connectivity index (χ2v) is 9.35. The molecule has 0 saturated carbocycles. The number of fused-ring (bicyclic) bond motifs is 2. The highest BCUT2D eigenvalue weighted by molar-refractivity contribution is 7.22.